The third-order valence-electron chi connectivity index (χ3n) is 5.05. The van der Waals surface area contributed by atoms with Crippen molar-refractivity contribution in [1.29, 1.82) is 0 Å². The molecule has 0 fully saturated rings. The summed E-state index contributed by atoms with van der Waals surface area (Å²) in [6.07, 6.45) is 2.83. The first-order valence-corrected chi connectivity index (χ1v) is 11.3. The fourth-order valence-electron chi connectivity index (χ4n) is 3.43. The summed E-state index contributed by atoms with van der Waals surface area (Å²) in [4.78, 5) is 12.3. The Morgan fingerprint density at radius 2 is 1.87 bits per heavy atom. The smallest absolute Gasteiger partial charge is 0.422 e. The van der Waals surface area contributed by atoms with Gasteiger partial charge in [0.05, 0.1) is 12.8 Å². The molecule has 0 N–H and O–H groups in total. The predicted octanol–water partition coefficient (Wildman–Crippen LogP) is 3.21. The van der Waals surface area contributed by atoms with Gasteiger partial charge in [0.25, 0.3) is 0 Å². The molecular formula is C21H20F2N2O5S. The van der Waals surface area contributed by atoms with E-state index in [4.69, 9.17) is 4.42 Å². The molecule has 0 spiro atoms. The third-order valence-corrected chi connectivity index (χ3v) is 6.32. The molecular weight excluding hydrogens is 430 g/mol. The van der Waals surface area contributed by atoms with E-state index in [1.54, 1.807) is 0 Å². The van der Waals surface area contributed by atoms with E-state index in [-0.39, 0.29) is 31.6 Å². The van der Waals surface area contributed by atoms with Crippen LogP contribution in [0.3, 0.4) is 0 Å². The zero-order chi connectivity index (χ0) is 22.2. The summed E-state index contributed by atoms with van der Waals surface area (Å²) in [7, 11) is -3.46. The molecule has 0 saturated heterocycles. The molecule has 0 amide bonds. The molecule has 3 heterocycles. The maximum absolute atomic E-state index is 14.5. The average Bonchev–Trinajstić information content (AvgIpc) is 3.12. The number of ether oxygens (including phenoxy) is 1. The first-order chi connectivity index (χ1) is 14.6. The molecule has 1 aliphatic rings. The Morgan fingerprint density at radius 1 is 1.19 bits per heavy atom. The molecule has 10 heteroatoms. The summed E-state index contributed by atoms with van der Waals surface area (Å²) < 4.78 is 65.0. The molecule has 0 radical (unpaired) electrons. The normalized spacial score (nSPS) is 15.8. The van der Waals surface area contributed by atoms with E-state index in [9.17, 15) is 22.0 Å². The van der Waals surface area contributed by atoms with Crippen LogP contribution >= 0.6 is 0 Å². The number of hydrogen-bond donors (Lipinski definition) is 0. The van der Waals surface area contributed by atoms with Crippen molar-refractivity contribution in [3.05, 3.63) is 76.6 Å². The Hall–Kier alpha value is -2.98. The molecule has 0 unspecified atom stereocenters. The summed E-state index contributed by atoms with van der Waals surface area (Å²) in [6, 6.07) is 8.86. The third kappa shape index (κ3) is 4.70. The van der Waals surface area contributed by atoms with Gasteiger partial charge in [-0.2, -0.15) is 13.1 Å². The molecule has 7 nitrogen and oxygen atoms in total. The Bertz CT molecular complexity index is 1280. The highest BCUT2D eigenvalue weighted by molar-refractivity contribution is 7.88. The second kappa shape index (κ2) is 7.93. The Labute approximate surface area is 177 Å². The van der Waals surface area contributed by atoms with E-state index in [2.05, 4.69) is 4.74 Å². The van der Waals surface area contributed by atoms with Gasteiger partial charge in [0.15, 0.2) is 0 Å². The molecule has 1 aliphatic heterocycles. The minimum Gasteiger partial charge on any atom is -0.463 e. The monoisotopic (exact) mass is 450 g/mol. The molecule has 2 aromatic heterocycles. The molecule has 164 valence electrons. The lowest BCUT2D eigenvalue weighted by atomic mass is 10.1. The number of hydrogen-bond acceptors (Lipinski definition) is 5. The standard InChI is InChI=1S/C21H20F2N2O5S/c1-31(27,28)25-8-6-17(7-9-25)21(22,23)30-20-14-29-18(10-19(20)26)13-24-11-15-4-2-3-5-16(15)12-24/h2-6,10-12,14H,7-9,13H2,1H3. The van der Waals surface area contributed by atoms with Crippen LogP contribution in [-0.4, -0.2) is 42.7 Å². The molecule has 31 heavy (non-hydrogen) atoms. The van der Waals surface area contributed by atoms with Crippen molar-refractivity contribution in [2.75, 3.05) is 19.3 Å². The second-order valence-corrected chi connectivity index (χ2v) is 9.34. The van der Waals surface area contributed by atoms with Gasteiger partial charge in [-0.1, -0.05) is 30.3 Å². The molecule has 1 aromatic carbocycles. The SMILES string of the molecule is CS(=O)(=O)N1CC=C(C(F)(F)Oc2coc(Cn3cc4ccccc4c3)cc2=O)CC1. The molecule has 3 aromatic rings. The van der Waals surface area contributed by atoms with Crippen LogP contribution in [0.15, 0.2) is 69.8 Å². The number of alkyl halides is 2. The number of benzene rings is 1. The van der Waals surface area contributed by atoms with Crippen LogP contribution < -0.4 is 10.2 Å². The first-order valence-electron chi connectivity index (χ1n) is 9.49. The maximum Gasteiger partial charge on any atom is 0.422 e. The van der Waals surface area contributed by atoms with Crippen LogP contribution in [0.1, 0.15) is 12.2 Å². The lowest BCUT2D eigenvalue weighted by molar-refractivity contribution is -0.146. The fraction of sp³-hybridized carbons (Fsp3) is 0.286. The minimum atomic E-state index is -3.75. The second-order valence-electron chi connectivity index (χ2n) is 7.35. The minimum absolute atomic E-state index is 0.0810. The number of nitrogens with zero attached hydrogens (tertiary/aromatic N) is 2. The first kappa shape index (κ1) is 21.3. The molecule has 0 atom stereocenters. The lowest BCUT2D eigenvalue weighted by Gasteiger charge is -2.27. The zero-order valence-corrected chi connectivity index (χ0v) is 17.4. The number of aromatic nitrogens is 1. The highest BCUT2D eigenvalue weighted by Crippen LogP contribution is 2.31. The summed E-state index contributed by atoms with van der Waals surface area (Å²) in [6.45, 7) is 0.00133. The molecule has 0 aliphatic carbocycles. The van der Waals surface area contributed by atoms with Crippen molar-refractivity contribution in [2.45, 2.75) is 19.1 Å². The van der Waals surface area contributed by atoms with Crippen molar-refractivity contribution in [1.82, 2.24) is 8.87 Å². The molecule has 0 saturated carbocycles. The Balaban J connectivity index is 1.48. The predicted molar refractivity (Wildman–Crippen MR) is 111 cm³/mol. The van der Waals surface area contributed by atoms with E-state index in [0.717, 1.165) is 39.7 Å². The van der Waals surface area contributed by atoms with Crippen LogP contribution in [0.4, 0.5) is 8.78 Å². The quantitative estimate of drug-likeness (QED) is 0.539. The maximum atomic E-state index is 14.5. The average molecular weight is 450 g/mol. The van der Waals surface area contributed by atoms with Crippen LogP contribution in [0, 0.1) is 0 Å². The van der Waals surface area contributed by atoms with Crippen molar-refractivity contribution in [2.24, 2.45) is 0 Å². The van der Waals surface area contributed by atoms with Crippen molar-refractivity contribution < 1.29 is 26.4 Å². The van der Waals surface area contributed by atoms with Gasteiger partial charge in [-0.15, -0.1) is 0 Å². The van der Waals surface area contributed by atoms with E-state index < -0.39 is 27.3 Å². The summed E-state index contributed by atoms with van der Waals surface area (Å²) >= 11 is 0. The zero-order valence-electron chi connectivity index (χ0n) is 16.6. The summed E-state index contributed by atoms with van der Waals surface area (Å²) in [5, 5.41) is 2.05. The van der Waals surface area contributed by atoms with Gasteiger partial charge in [-0.05, 0) is 17.2 Å². The summed E-state index contributed by atoms with van der Waals surface area (Å²) in [5.74, 6) is -0.320. The highest BCUT2D eigenvalue weighted by atomic mass is 32.2. The molecule has 0 bridgehead atoms. The fourth-order valence-corrected chi connectivity index (χ4v) is 4.20. The van der Waals surface area contributed by atoms with Crippen molar-refractivity contribution in [3.8, 4) is 5.75 Å². The van der Waals surface area contributed by atoms with E-state index in [1.165, 1.54) is 0 Å². The van der Waals surface area contributed by atoms with Gasteiger partial charge in [0.2, 0.25) is 21.2 Å². The van der Waals surface area contributed by atoms with Crippen LogP contribution in [0.25, 0.3) is 10.8 Å². The highest BCUT2D eigenvalue weighted by Gasteiger charge is 2.40. The van der Waals surface area contributed by atoms with Gasteiger partial charge >= 0.3 is 6.11 Å². The van der Waals surface area contributed by atoms with Gasteiger partial charge in [0.1, 0.15) is 12.0 Å². The molecule has 4 rings (SSSR count). The number of sulfonamides is 1. The Kier molecular flexibility index (Phi) is 5.44. The van der Waals surface area contributed by atoms with Gasteiger partial charge in [-0.3, -0.25) is 4.79 Å². The van der Waals surface area contributed by atoms with Crippen LogP contribution in [0.2, 0.25) is 0 Å². The van der Waals surface area contributed by atoms with Crippen LogP contribution in [0.5, 0.6) is 5.75 Å². The van der Waals surface area contributed by atoms with Crippen LogP contribution in [-0.2, 0) is 16.6 Å². The van der Waals surface area contributed by atoms with Gasteiger partial charge in [-0.25, -0.2) is 8.42 Å². The van der Waals surface area contributed by atoms with E-state index in [0.29, 0.717) is 5.76 Å². The lowest BCUT2D eigenvalue weighted by Crippen LogP contribution is -2.39. The largest absolute Gasteiger partial charge is 0.463 e. The summed E-state index contributed by atoms with van der Waals surface area (Å²) in [5.41, 5.74) is -1.11. The van der Waals surface area contributed by atoms with Crippen molar-refractivity contribution >= 4 is 20.8 Å². The number of rotatable bonds is 6. The topological polar surface area (TPSA) is 81.8 Å². The number of fused-ring (bicyclic) bond motifs is 1. The number of halogens is 2. The van der Waals surface area contributed by atoms with E-state index >= 15 is 0 Å². The van der Waals surface area contributed by atoms with Gasteiger partial charge in [0, 0.05) is 37.1 Å². The van der Waals surface area contributed by atoms with Gasteiger partial charge < -0.3 is 13.7 Å². The Morgan fingerprint density at radius 3 is 2.42 bits per heavy atom. The van der Waals surface area contributed by atoms with Crippen molar-refractivity contribution in [3.63, 3.8) is 0 Å². The van der Waals surface area contributed by atoms with E-state index in [1.807, 2.05) is 41.2 Å².